The fraction of sp³-hybridized carbons (Fsp3) is 0.333. The number of piperazine rings is 1. The highest BCUT2D eigenvalue weighted by Crippen LogP contribution is 2.21. The molecule has 0 atom stereocenters. The smallest absolute Gasteiger partial charge is 0.227 e. The molecule has 0 aliphatic carbocycles. The van der Waals surface area contributed by atoms with Crippen molar-refractivity contribution in [2.24, 2.45) is 0 Å². The van der Waals surface area contributed by atoms with Crippen LogP contribution in [0.4, 0.5) is 5.69 Å². The first kappa shape index (κ1) is 21.5. The van der Waals surface area contributed by atoms with Gasteiger partial charge in [0.25, 0.3) is 0 Å². The summed E-state index contributed by atoms with van der Waals surface area (Å²) >= 11 is 0. The van der Waals surface area contributed by atoms with Gasteiger partial charge in [0.05, 0.1) is 7.11 Å². The molecule has 3 aromatic rings. The molecule has 1 aliphatic heterocycles. The van der Waals surface area contributed by atoms with E-state index in [1.54, 1.807) is 14.0 Å². The van der Waals surface area contributed by atoms with Gasteiger partial charge >= 0.3 is 0 Å². The molecule has 0 unspecified atom stereocenters. The van der Waals surface area contributed by atoms with Crippen LogP contribution >= 0.6 is 0 Å². The van der Waals surface area contributed by atoms with Gasteiger partial charge in [-0.2, -0.15) is 4.98 Å². The second kappa shape index (κ2) is 9.64. The molecule has 8 heteroatoms. The van der Waals surface area contributed by atoms with Crippen LogP contribution in [0.3, 0.4) is 0 Å². The highest BCUT2D eigenvalue weighted by Gasteiger charge is 2.22. The van der Waals surface area contributed by atoms with Crippen molar-refractivity contribution in [1.29, 1.82) is 0 Å². The van der Waals surface area contributed by atoms with Gasteiger partial charge in [0, 0.05) is 55.8 Å². The first-order valence-electron chi connectivity index (χ1n) is 10.6. The Morgan fingerprint density at radius 1 is 1.00 bits per heavy atom. The van der Waals surface area contributed by atoms with E-state index in [1.807, 2.05) is 53.4 Å². The number of carbonyl (C=O) groups is 2. The van der Waals surface area contributed by atoms with Gasteiger partial charge in [0.15, 0.2) is 5.78 Å². The largest absolute Gasteiger partial charge is 0.497 e. The Labute approximate surface area is 186 Å². The van der Waals surface area contributed by atoms with Crippen LogP contribution in [0.25, 0.3) is 11.4 Å². The molecule has 1 saturated heterocycles. The second-order valence-corrected chi connectivity index (χ2v) is 7.71. The summed E-state index contributed by atoms with van der Waals surface area (Å²) in [6.07, 6.45) is 0.742. The predicted octanol–water partition coefficient (Wildman–Crippen LogP) is 3.23. The van der Waals surface area contributed by atoms with Gasteiger partial charge in [-0.15, -0.1) is 0 Å². The van der Waals surface area contributed by atoms with Gasteiger partial charge < -0.3 is 19.1 Å². The molecule has 1 fully saturated rings. The number of ether oxygens (including phenoxy) is 1. The molecule has 1 amide bonds. The van der Waals surface area contributed by atoms with Crippen molar-refractivity contribution in [2.75, 3.05) is 38.2 Å². The zero-order chi connectivity index (χ0) is 22.5. The second-order valence-electron chi connectivity index (χ2n) is 7.71. The van der Waals surface area contributed by atoms with Crippen LogP contribution < -0.4 is 9.64 Å². The van der Waals surface area contributed by atoms with Crippen molar-refractivity contribution in [3.8, 4) is 17.1 Å². The quantitative estimate of drug-likeness (QED) is 0.528. The maximum Gasteiger partial charge on any atom is 0.227 e. The zero-order valence-corrected chi connectivity index (χ0v) is 18.3. The van der Waals surface area contributed by atoms with Crippen LogP contribution in [-0.2, 0) is 11.2 Å². The van der Waals surface area contributed by atoms with E-state index in [-0.39, 0.29) is 11.7 Å². The molecule has 0 saturated carbocycles. The molecule has 4 rings (SSSR count). The fourth-order valence-corrected chi connectivity index (χ4v) is 3.71. The van der Waals surface area contributed by atoms with Crippen molar-refractivity contribution in [3.05, 3.63) is 60.0 Å². The van der Waals surface area contributed by atoms with E-state index >= 15 is 0 Å². The molecule has 0 N–H and O–H groups in total. The van der Waals surface area contributed by atoms with Crippen LogP contribution in [0.1, 0.15) is 29.6 Å². The Bertz CT molecular complexity index is 1070. The van der Waals surface area contributed by atoms with E-state index in [1.165, 1.54) is 0 Å². The Kier molecular flexibility index (Phi) is 6.49. The number of Topliss-reactive ketones (excluding diaryl/α,β-unsaturated/α-hetero) is 1. The number of anilines is 1. The maximum absolute atomic E-state index is 12.6. The number of methoxy groups -OCH3 is 1. The molecular weight excluding hydrogens is 408 g/mol. The highest BCUT2D eigenvalue weighted by molar-refractivity contribution is 5.94. The summed E-state index contributed by atoms with van der Waals surface area (Å²) in [4.78, 5) is 32.6. The predicted molar refractivity (Wildman–Crippen MR) is 120 cm³/mol. The molecule has 2 heterocycles. The Morgan fingerprint density at radius 3 is 2.31 bits per heavy atom. The monoisotopic (exact) mass is 434 g/mol. The standard InChI is InChI=1S/C24H26N4O4/c1-17(29)18-3-7-20(8-4-18)27-13-15-28(16-14-27)23(30)12-11-22-25-24(26-32-22)19-5-9-21(31-2)10-6-19/h3-10H,11-16H2,1-2H3. The lowest BCUT2D eigenvalue weighted by atomic mass is 10.1. The van der Waals surface area contributed by atoms with Gasteiger partial charge in [-0.05, 0) is 55.5 Å². The molecule has 0 radical (unpaired) electrons. The summed E-state index contributed by atoms with van der Waals surface area (Å²) in [7, 11) is 1.62. The van der Waals surface area contributed by atoms with E-state index in [4.69, 9.17) is 9.26 Å². The van der Waals surface area contributed by atoms with Crippen LogP contribution in [-0.4, -0.2) is 60.0 Å². The van der Waals surface area contributed by atoms with Crippen molar-refractivity contribution < 1.29 is 18.8 Å². The normalized spacial score (nSPS) is 13.8. The summed E-state index contributed by atoms with van der Waals surface area (Å²) in [6.45, 7) is 4.40. The molecule has 0 spiro atoms. The lowest BCUT2D eigenvalue weighted by Gasteiger charge is -2.36. The third-order valence-electron chi connectivity index (χ3n) is 5.64. The minimum atomic E-state index is 0.0596. The number of amides is 1. The first-order chi connectivity index (χ1) is 15.5. The third-order valence-corrected chi connectivity index (χ3v) is 5.64. The van der Waals surface area contributed by atoms with Crippen LogP contribution in [0.2, 0.25) is 0 Å². The molecule has 32 heavy (non-hydrogen) atoms. The Balaban J connectivity index is 1.26. The number of nitrogens with zero attached hydrogens (tertiary/aromatic N) is 4. The van der Waals surface area contributed by atoms with Gasteiger partial charge in [-0.1, -0.05) is 5.16 Å². The third kappa shape index (κ3) is 4.96. The zero-order valence-electron chi connectivity index (χ0n) is 18.3. The molecule has 1 aromatic heterocycles. The molecule has 8 nitrogen and oxygen atoms in total. The number of hydrogen-bond acceptors (Lipinski definition) is 7. The summed E-state index contributed by atoms with van der Waals surface area (Å²) in [5.74, 6) is 1.86. The minimum Gasteiger partial charge on any atom is -0.497 e. The van der Waals surface area contributed by atoms with E-state index in [9.17, 15) is 9.59 Å². The summed E-state index contributed by atoms with van der Waals surface area (Å²) in [5, 5.41) is 4.01. The Morgan fingerprint density at radius 2 is 1.69 bits per heavy atom. The number of benzene rings is 2. The van der Waals surface area contributed by atoms with E-state index in [2.05, 4.69) is 15.0 Å². The van der Waals surface area contributed by atoms with Crippen molar-refractivity contribution in [3.63, 3.8) is 0 Å². The summed E-state index contributed by atoms with van der Waals surface area (Å²) in [5.41, 5.74) is 2.61. The number of hydrogen-bond donors (Lipinski definition) is 0. The topological polar surface area (TPSA) is 88.8 Å². The van der Waals surface area contributed by atoms with Crippen LogP contribution in [0, 0.1) is 0 Å². The molecular formula is C24H26N4O4. The number of ketones is 1. The Hall–Kier alpha value is -3.68. The van der Waals surface area contributed by atoms with Crippen molar-refractivity contribution >= 4 is 17.4 Å². The minimum absolute atomic E-state index is 0.0596. The van der Waals surface area contributed by atoms with Crippen LogP contribution in [0.15, 0.2) is 53.1 Å². The van der Waals surface area contributed by atoms with E-state index in [0.717, 1.165) is 30.1 Å². The van der Waals surface area contributed by atoms with Crippen LogP contribution in [0.5, 0.6) is 5.75 Å². The number of aromatic nitrogens is 2. The number of rotatable bonds is 7. The van der Waals surface area contributed by atoms with Gasteiger partial charge in [-0.25, -0.2) is 0 Å². The fourth-order valence-electron chi connectivity index (χ4n) is 3.71. The number of aryl methyl sites for hydroxylation is 1. The average molecular weight is 434 g/mol. The van der Waals surface area contributed by atoms with Gasteiger partial charge in [-0.3, -0.25) is 9.59 Å². The van der Waals surface area contributed by atoms with Crippen molar-refractivity contribution in [1.82, 2.24) is 15.0 Å². The summed E-state index contributed by atoms with van der Waals surface area (Å²) < 4.78 is 10.5. The van der Waals surface area contributed by atoms with Gasteiger partial charge in [0.1, 0.15) is 5.75 Å². The first-order valence-corrected chi connectivity index (χ1v) is 10.6. The lowest BCUT2D eigenvalue weighted by molar-refractivity contribution is -0.131. The molecule has 166 valence electrons. The maximum atomic E-state index is 12.6. The molecule has 0 bridgehead atoms. The highest BCUT2D eigenvalue weighted by atomic mass is 16.5. The van der Waals surface area contributed by atoms with Crippen molar-refractivity contribution in [2.45, 2.75) is 19.8 Å². The number of carbonyl (C=O) groups excluding carboxylic acids is 2. The molecule has 2 aromatic carbocycles. The summed E-state index contributed by atoms with van der Waals surface area (Å²) in [6, 6.07) is 15.0. The molecule has 1 aliphatic rings. The SMILES string of the molecule is COc1ccc(-c2noc(CCC(=O)N3CCN(c4ccc(C(C)=O)cc4)CC3)n2)cc1. The van der Waals surface area contributed by atoms with E-state index in [0.29, 0.717) is 43.2 Å². The lowest BCUT2D eigenvalue weighted by Crippen LogP contribution is -2.48. The average Bonchev–Trinajstić information content (AvgIpc) is 3.32. The van der Waals surface area contributed by atoms with Gasteiger partial charge in [0.2, 0.25) is 17.6 Å². The van der Waals surface area contributed by atoms with E-state index < -0.39 is 0 Å².